The SMILES string of the molecule is Cc1ncc(NC(=O)Cc2ccc(-c3cnc(Cc4cn[nH]c4)nc3)c(F)c2)cc1C(F)(F)F. The average molecular weight is 470 g/mol. The lowest BCUT2D eigenvalue weighted by Gasteiger charge is -2.12. The number of benzene rings is 1. The number of aromatic nitrogens is 5. The third-order valence-corrected chi connectivity index (χ3v) is 5.01. The topological polar surface area (TPSA) is 96.5 Å². The number of halogens is 4. The van der Waals surface area contributed by atoms with Crippen LogP contribution >= 0.6 is 0 Å². The molecule has 0 aliphatic heterocycles. The van der Waals surface area contributed by atoms with E-state index in [1.54, 1.807) is 18.5 Å². The molecule has 0 aliphatic carbocycles. The molecule has 2 N–H and O–H groups in total. The predicted octanol–water partition coefficient (Wildman–Crippen LogP) is 4.50. The summed E-state index contributed by atoms with van der Waals surface area (Å²) in [6.07, 6.45) is 3.22. The zero-order chi connectivity index (χ0) is 24.3. The van der Waals surface area contributed by atoms with Gasteiger partial charge in [0.1, 0.15) is 11.6 Å². The summed E-state index contributed by atoms with van der Waals surface area (Å²) in [5.74, 6) is -0.621. The molecule has 1 amide bonds. The van der Waals surface area contributed by atoms with Gasteiger partial charge in [0, 0.05) is 41.8 Å². The van der Waals surface area contributed by atoms with Crippen molar-refractivity contribution >= 4 is 11.6 Å². The minimum absolute atomic E-state index is 0.0901. The molecule has 0 spiro atoms. The largest absolute Gasteiger partial charge is 0.418 e. The maximum atomic E-state index is 14.7. The Bertz CT molecular complexity index is 1300. The van der Waals surface area contributed by atoms with Crippen LogP contribution in [-0.2, 0) is 23.8 Å². The lowest BCUT2D eigenvalue weighted by atomic mass is 10.0. The van der Waals surface area contributed by atoms with Crippen LogP contribution in [0.15, 0.2) is 55.2 Å². The van der Waals surface area contributed by atoms with Crippen LogP contribution in [0.2, 0.25) is 0 Å². The Hall–Kier alpha value is -4.15. The fraction of sp³-hybridized carbons (Fsp3) is 0.174. The number of rotatable bonds is 6. The fourth-order valence-corrected chi connectivity index (χ4v) is 3.32. The van der Waals surface area contributed by atoms with Crippen molar-refractivity contribution in [2.24, 2.45) is 0 Å². The molecule has 4 rings (SSSR count). The van der Waals surface area contributed by atoms with Gasteiger partial charge in [0.2, 0.25) is 5.91 Å². The monoisotopic (exact) mass is 470 g/mol. The summed E-state index contributed by atoms with van der Waals surface area (Å²) in [4.78, 5) is 24.5. The van der Waals surface area contributed by atoms with E-state index in [0.717, 1.165) is 17.8 Å². The molecule has 0 atom stereocenters. The van der Waals surface area contributed by atoms with Gasteiger partial charge in [0.05, 0.1) is 30.1 Å². The molecule has 11 heteroatoms. The second-order valence-electron chi connectivity index (χ2n) is 7.57. The Morgan fingerprint density at radius 2 is 1.79 bits per heavy atom. The van der Waals surface area contributed by atoms with E-state index in [2.05, 4.69) is 30.5 Å². The number of amides is 1. The number of H-pyrrole nitrogens is 1. The molecular weight excluding hydrogens is 452 g/mol. The molecule has 7 nitrogen and oxygen atoms in total. The first-order valence-electron chi connectivity index (χ1n) is 10.1. The number of pyridine rings is 1. The first kappa shape index (κ1) is 23.0. The molecule has 0 saturated heterocycles. The molecule has 0 fully saturated rings. The number of carbonyl (C=O) groups is 1. The number of alkyl halides is 3. The van der Waals surface area contributed by atoms with E-state index in [1.165, 1.54) is 31.5 Å². The van der Waals surface area contributed by atoms with Crippen LogP contribution < -0.4 is 5.32 Å². The Kier molecular flexibility index (Phi) is 6.35. The summed E-state index contributed by atoms with van der Waals surface area (Å²) >= 11 is 0. The van der Waals surface area contributed by atoms with Gasteiger partial charge in [-0.2, -0.15) is 18.3 Å². The summed E-state index contributed by atoms with van der Waals surface area (Å²) < 4.78 is 53.8. The molecule has 0 saturated carbocycles. The van der Waals surface area contributed by atoms with Crippen molar-refractivity contribution in [2.45, 2.75) is 25.9 Å². The maximum Gasteiger partial charge on any atom is 0.418 e. The third kappa shape index (κ3) is 5.42. The van der Waals surface area contributed by atoms with Crippen LogP contribution in [0, 0.1) is 12.7 Å². The number of nitrogens with one attached hydrogen (secondary N) is 2. The predicted molar refractivity (Wildman–Crippen MR) is 115 cm³/mol. The Morgan fingerprint density at radius 1 is 1.03 bits per heavy atom. The summed E-state index contributed by atoms with van der Waals surface area (Å²) in [6, 6.07) is 5.08. The van der Waals surface area contributed by atoms with E-state index in [1.807, 2.05) is 0 Å². The van der Waals surface area contributed by atoms with Crippen molar-refractivity contribution in [2.75, 3.05) is 5.32 Å². The van der Waals surface area contributed by atoms with Gasteiger partial charge < -0.3 is 5.32 Å². The molecule has 3 heterocycles. The van der Waals surface area contributed by atoms with Crippen molar-refractivity contribution in [1.29, 1.82) is 0 Å². The van der Waals surface area contributed by atoms with Crippen molar-refractivity contribution in [3.8, 4) is 11.1 Å². The number of hydrogen-bond donors (Lipinski definition) is 2. The lowest BCUT2D eigenvalue weighted by molar-refractivity contribution is -0.138. The second kappa shape index (κ2) is 9.38. The normalized spacial score (nSPS) is 11.4. The van der Waals surface area contributed by atoms with E-state index < -0.39 is 23.5 Å². The number of hydrogen-bond acceptors (Lipinski definition) is 5. The van der Waals surface area contributed by atoms with E-state index in [9.17, 15) is 22.4 Å². The highest BCUT2D eigenvalue weighted by atomic mass is 19.4. The van der Waals surface area contributed by atoms with Gasteiger partial charge in [-0.05, 0) is 30.2 Å². The number of aromatic amines is 1. The van der Waals surface area contributed by atoms with Gasteiger partial charge in [-0.3, -0.25) is 14.9 Å². The summed E-state index contributed by atoms with van der Waals surface area (Å²) in [5.41, 5.74) is 0.782. The van der Waals surface area contributed by atoms with Gasteiger partial charge in [-0.1, -0.05) is 12.1 Å². The smallest absolute Gasteiger partial charge is 0.324 e. The highest BCUT2D eigenvalue weighted by molar-refractivity contribution is 5.92. The van der Waals surface area contributed by atoms with E-state index in [4.69, 9.17) is 0 Å². The van der Waals surface area contributed by atoms with E-state index in [0.29, 0.717) is 23.4 Å². The number of anilines is 1. The Balaban J connectivity index is 1.43. The van der Waals surface area contributed by atoms with Crippen molar-refractivity contribution in [3.63, 3.8) is 0 Å². The zero-order valence-electron chi connectivity index (χ0n) is 17.8. The first-order chi connectivity index (χ1) is 16.2. The van der Waals surface area contributed by atoms with E-state index in [-0.39, 0.29) is 23.4 Å². The van der Waals surface area contributed by atoms with Gasteiger partial charge >= 0.3 is 6.18 Å². The molecule has 34 heavy (non-hydrogen) atoms. The van der Waals surface area contributed by atoms with Crippen molar-refractivity contribution in [1.82, 2.24) is 25.1 Å². The maximum absolute atomic E-state index is 14.7. The summed E-state index contributed by atoms with van der Waals surface area (Å²) in [5, 5.41) is 8.93. The minimum Gasteiger partial charge on any atom is -0.324 e. The standard InChI is InChI=1S/C23H18F4N6O/c1-13-19(23(25,26)27)7-17(12-28-13)33-22(34)6-14-2-3-18(20(24)4-14)16-10-29-21(30-11-16)5-15-8-31-32-9-15/h2-4,7-12H,5-6H2,1H3,(H,31,32)(H,33,34). The Morgan fingerprint density at radius 3 is 2.44 bits per heavy atom. The van der Waals surface area contributed by atoms with Crippen LogP contribution in [0.1, 0.15) is 28.2 Å². The molecule has 174 valence electrons. The quantitative estimate of drug-likeness (QED) is 0.405. The van der Waals surface area contributed by atoms with Gasteiger partial charge in [0.25, 0.3) is 0 Å². The minimum atomic E-state index is -4.59. The molecule has 0 bridgehead atoms. The molecule has 1 aromatic carbocycles. The second-order valence-corrected chi connectivity index (χ2v) is 7.57. The van der Waals surface area contributed by atoms with Crippen molar-refractivity contribution < 1.29 is 22.4 Å². The molecule has 0 radical (unpaired) electrons. The molecule has 0 aliphatic rings. The molecule has 0 unspecified atom stereocenters. The van der Waals surface area contributed by atoms with Gasteiger partial charge in [-0.15, -0.1) is 0 Å². The van der Waals surface area contributed by atoms with Crippen LogP contribution in [0.5, 0.6) is 0 Å². The van der Waals surface area contributed by atoms with Gasteiger partial charge in [0.15, 0.2) is 0 Å². The van der Waals surface area contributed by atoms with E-state index >= 15 is 0 Å². The molecule has 4 aromatic rings. The van der Waals surface area contributed by atoms with Crippen LogP contribution in [0.4, 0.5) is 23.2 Å². The number of nitrogens with zero attached hydrogens (tertiary/aromatic N) is 4. The number of aryl methyl sites for hydroxylation is 1. The lowest BCUT2D eigenvalue weighted by Crippen LogP contribution is -2.16. The molecular formula is C23H18F4N6O. The summed E-state index contributed by atoms with van der Waals surface area (Å²) in [6.45, 7) is 1.23. The van der Waals surface area contributed by atoms with Crippen LogP contribution in [0.25, 0.3) is 11.1 Å². The molecule has 3 aromatic heterocycles. The van der Waals surface area contributed by atoms with Gasteiger partial charge in [-0.25, -0.2) is 14.4 Å². The fourth-order valence-electron chi connectivity index (χ4n) is 3.32. The van der Waals surface area contributed by atoms with Crippen molar-refractivity contribution in [3.05, 3.63) is 89.3 Å². The average Bonchev–Trinajstić information content (AvgIpc) is 3.28. The highest BCUT2D eigenvalue weighted by Crippen LogP contribution is 2.32. The first-order valence-corrected chi connectivity index (χ1v) is 10.1. The zero-order valence-corrected chi connectivity index (χ0v) is 17.8. The highest BCUT2D eigenvalue weighted by Gasteiger charge is 2.33. The number of carbonyl (C=O) groups excluding carboxylic acids is 1. The Labute approximate surface area is 191 Å². The van der Waals surface area contributed by atoms with Crippen LogP contribution in [0.3, 0.4) is 0 Å². The summed E-state index contributed by atoms with van der Waals surface area (Å²) in [7, 11) is 0. The van der Waals surface area contributed by atoms with Crippen LogP contribution in [-0.4, -0.2) is 31.1 Å². The third-order valence-electron chi connectivity index (χ3n) is 5.01.